The van der Waals surface area contributed by atoms with Crippen LogP contribution in [0.5, 0.6) is 5.75 Å². The van der Waals surface area contributed by atoms with Crippen molar-refractivity contribution in [3.05, 3.63) is 21.6 Å². The summed E-state index contributed by atoms with van der Waals surface area (Å²) in [5.41, 5.74) is 0. The van der Waals surface area contributed by atoms with Gasteiger partial charge in [-0.25, -0.2) is 13.6 Å². The molecule has 0 saturated heterocycles. The summed E-state index contributed by atoms with van der Waals surface area (Å²) in [6, 6.07) is 2.97. The lowest BCUT2D eigenvalue weighted by Crippen LogP contribution is -2.15. The molecule has 1 aromatic carbocycles. The number of hydrogen-bond acceptors (Lipinski definition) is 3. The van der Waals surface area contributed by atoms with Gasteiger partial charge in [0, 0.05) is 4.47 Å². The van der Waals surface area contributed by atoms with Crippen LogP contribution in [0.25, 0.3) is 0 Å². The van der Waals surface area contributed by atoms with Crippen molar-refractivity contribution in [3.8, 4) is 5.75 Å². The Kier molecular flexibility index (Phi) is 3.68. The number of halogens is 2. The van der Waals surface area contributed by atoms with Gasteiger partial charge in [-0.2, -0.15) is 0 Å². The van der Waals surface area contributed by atoms with Crippen LogP contribution in [0.1, 0.15) is 12.8 Å². The van der Waals surface area contributed by atoms with Gasteiger partial charge in [0.2, 0.25) is 10.0 Å². The van der Waals surface area contributed by atoms with Crippen LogP contribution in [-0.2, 0) is 10.0 Å². The number of primary sulfonamides is 1. The molecule has 0 spiro atoms. The maximum Gasteiger partial charge on any atom is 0.241 e. The van der Waals surface area contributed by atoms with Crippen LogP contribution in [0.2, 0.25) is 5.02 Å². The Morgan fingerprint density at radius 2 is 2.12 bits per heavy atom. The van der Waals surface area contributed by atoms with E-state index in [0.29, 0.717) is 17.0 Å². The number of hydrogen-bond donors (Lipinski definition) is 1. The molecular weight excluding hydrogens is 330 g/mol. The molecule has 0 aromatic heterocycles. The Morgan fingerprint density at radius 1 is 1.47 bits per heavy atom. The van der Waals surface area contributed by atoms with Gasteiger partial charge in [0.15, 0.2) is 5.75 Å². The molecule has 1 aromatic rings. The molecule has 1 aliphatic carbocycles. The van der Waals surface area contributed by atoms with Crippen LogP contribution >= 0.6 is 27.5 Å². The van der Waals surface area contributed by atoms with Gasteiger partial charge in [0.25, 0.3) is 0 Å². The highest BCUT2D eigenvalue weighted by molar-refractivity contribution is 9.10. The molecule has 0 bridgehead atoms. The van der Waals surface area contributed by atoms with Gasteiger partial charge in [-0.15, -0.1) is 0 Å². The van der Waals surface area contributed by atoms with E-state index in [0.717, 1.165) is 12.8 Å². The van der Waals surface area contributed by atoms with Crippen molar-refractivity contribution >= 4 is 37.6 Å². The second kappa shape index (κ2) is 4.76. The highest BCUT2D eigenvalue weighted by Crippen LogP contribution is 2.37. The molecule has 0 heterocycles. The highest BCUT2D eigenvalue weighted by Gasteiger charge is 2.25. The van der Waals surface area contributed by atoms with Gasteiger partial charge in [-0.05, 0) is 30.9 Å². The van der Waals surface area contributed by atoms with Gasteiger partial charge < -0.3 is 4.74 Å². The molecule has 1 fully saturated rings. The van der Waals surface area contributed by atoms with Crippen LogP contribution in [-0.4, -0.2) is 15.0 Å². The van der Waals surface area contributed by atoms with Crippen molar-refractivity contribution < 1.29 is 13.2 Å². The number of ether oxygens (including phenoxy) is 1. The number of benzene rings is 1. The molecule has 94 valence electrons. The zero-order valence-corrected chi connectivity index (χ0v) is 12.0. The fraction of sp³-hybridized carbons (Fsp3) is 0.400. The Labute approximate surface area is 113 Å². The minimum absolute atomic E-state index is 0.0856. The molecule has 1 aliphatic rings. The number of rotatable bonds is 4. The van der Waals surface area contributed by atoms with Gasteiger partial charge >= 0.3 is 0 Å². The molecule has 0 atom stereocenters. The summed E-state index contributed by atoms with van der Waals surface area (Å²) >= 11 is 9.14. The molecule has 1 saturated carbocycles. The third-order valence-electron chi connectivity index (χ3n) is 2.44. The molecule has 17 heavy (non-hydrogen) atoms. The zero-order valence-electron chi connectivity index (χ0n) is 8.82. The summed E-state index contributed by atoms with van der Waals surface area (Å²) in [6.07, 6.45) is 2.22. The molecular formula is C10H11BrClNO3S. The van der Waals surface area contributed by atoms with Crippen molar-refractivity contribution in [3.63, 3.8) is 0 Å². The molecule has 0 unspecified atom stereocenters. The number of sulfonamides is 1. The second-order valence-electron chi connectivity index (χ2n) is 4.01. The molecule has 2 N–H and O–H groups in total. The SMILES string of the molecule is NS(=O)(=O)c1cc(Br)cc(Cl)c1OCC1CC1. The van der Waals surface area contributed by atoms with E-state index in [1.54, 1.807) is 6.07 Å². The number of nitrogens with two attached hydrogens (primary N) is 1. The second-order valence-corrected chi connectivity index (χ2v) is 6.87. The van der Waals surface area contributed by atoms with Crippen LogP contribution in [0, 0.1) is 5.92 Å². The van der Waals surface area contributed by atoms with Crippen molar-refractivity contribution in [2.45, 2.75) is 17.7 Å². The minimum Gasteiger partial charge on any atom is -0.490 e. The lowest BCUT2D eigenvalue weighted by molar-refractivity contribution is 0.292. The van der Waals surface area contributed by atoms with Crippen molar-refractivity contribution in [1.29, 1.82) is 0 Å². The van der Waals surface area contributed by atoms with E-state index >= 15 is 0 Å². The lowest BCUT2D eigenvalue weighted by atomic mass is 10.3. The normalized spacial score (nSPS) is 15.9. The first-order valence-corrected chi connectivity index (χ1v) is 7.74. The monoisotopic (exact) mass is 339 g/mol. The van der Waals surface area contributed by atoms with E-state index in [1.807, 2.05) is 0 Å². The summed E-state index contributed by atoms with van der Waals surface area (Å²) in [7, 11) is -3.85. The third kappa shape index (κ3) is 3.34. The van der Waals surface area contributed by atoms with E-state index in [4.69, 9.17) is 21.5 Å². The van der Waals surface area contributed by atoms with E-state index in [-0.39, 0.29) is 15.7 Å². The predicted molar refractivity (Wildman–Crippen MR) is 68.7 cm³/mol. The van der Waals surface area contributed by atoms with E-state index < -0.39 is 10.0 Å². The molecule has 0 amide bonds. The Morgan fingerprint density at radius 3 is 2.65 bits per heavy atom. The topological polar surface area (TPSA) is 69.4 Å². The average Bonchev–Trinajstić information content (AvgIpc) is 2.97. The maximum absolute atomic E-state index is 11.4. The smallest absolute Gasteiger partial charge is 0.241 e. The van der Waals surface area contributed by atoms with Gasteiger partial charge in [-0.1, -0.05) is 27.5 Å². The van der Waals surface area contributed by atoms with E-state index in [9.17, 15) is 8.42 Å². The minimum atomic E-state index is -3.85. The molecule has 0 radical (unpaired) electrons. The first-order chi connectivity index (χ1) is 7.88. The fourth-order valence-electron chi connectivity index (χ4n) is 1.37. The van der Waals surface area contributed by atoms with Crippen molar-refractivity contribution in [2.75, 3.05) is 6.61 Å². The summed E-state index contributed by atoms with van der Waals surface area (Å²) in [5, 5.41) is 5.37. The standard InChI is InChI=1S/C10H11BrClNO3S/c11-7-3-8(12)10(16-5-6-1-2-6)9(4-7)17(13,14)15/h3-4,6H,1-2,5H2,(H2,13,14,15). The quantitative estimate of drug-likeness (QED) is 0.915. The first-order valence-electron chi connectivity index (χ1n) is 5.02. The summed E-state index contributed by atoms with van der Waals surface area (Å²) in [5.74, 6) is 0.646. The van der Waals surface area contributed by atoms with Crippen LogP contribution < -0.4 is 9.88 Å². The fourth-order valence-corrected chi connectivity index (χ4v) is 3.16. The van der Waals surface area contributed by atoms with E-state index in [2.05, 4.69) is 15.9 Å². The third-order valence-corrected chi connectivity index (χ3v) is 4.10. The molecule has 4 nitrogen and oxygen atoms in total. The zero-order chi connectivity index (χ0) is 12.6. The largest absolute Gasteiger partial charge is 0.490 e. The van der Waals surface area contributed by atoms with Crippen LogP contribution in [0.3, 0.4) is 0 Å². The van der Waals surface area contributed by atoms with Gasteiger partial charge in [-0.3, -0.25) is 0 Å². The average molecular weight is 341 g/mol. The summed E-state index contributed by atoms with van der Waals surface area (Å²) in [4.78, 5) is -0.0856. The van der Waals surface area contributed by atoms with Gasteiger partial charge in [0.05, 0.1) is 11.6 Å². The van der Waals surface area contributed by atoms with Crippen LogP contribution in [0.4, 0.5) is 0 Å². The summed E-state index contributed by atoms with van der Waals surface area (Å²) in [6.45, 7) is 0.476. The molecule has 2 rings (SSSR count). The first kappa shape index (κ1) is 13.1. The molecule has 0 aliphatic heterocycles. The lowest BCUT2D eigenvalue weighted by Gasteiger charge is -2.12. The Balaban J connectivity index is 2.39. The van der Waals surface area contributed by atoms with Gasteiger partial charge in [0.1, 0.15) is 4.90 Å². The van der Waals surface area contributed by atoms with Crippen LogP contribution in [0.15, 0.2) is 21.5 Å². The van der Waals surface area contributed by atoms with E-state index in [1.165, 1.54) is 6.07 Å². The maximum atomic E-state index is 11.4. The Bertz CT molecular complexity index is 543. The Hall–Kier alpha value is -0.300. The highest BCUT2D eigenvalue weighted by atomic mass is 79.9. The molecule has 7 heteroatoms. The summed E-state index contributed by atoms with van der Waals surface area (Å²) < 4.78 is 28.9. The predicted octanol–water partition coefficient (Wildman–Crippen LogP) is 2.54. The van der Waals surface area contributed by atoms with Crippen molar-refractivity contribution in [1.82, 2.24) is 0 Å². The van der Waals surface area contributed by atoms with Crippen molar-refractivity contribution in [2.24, 2.45) is 11.1 Å².